The van der Waals surface area contributed by atoms with Crippen molar-refractivity contribution in [3.63, 3.8) is 0 Å². The number of alkyl halides is 1. The lowest BCUT2D eigenvalue weighted by Gasteiger charge is -2.20. The standard InChI is InChI=1S/C17H16BrClO2/c1-2-20-15-8-7-12(18)10-13(15)17(19)16-9-11-5-3-4-6-14(11)21-16/h3-8,10,16-17H,2,9H2,1H3. The van der Waals surface area contributed by atoms with Gasteiger partial charge in [0.05, 0.1) is 12.0 Å². The van der Waals surface area contributed by atoms with Crippen LogP contribution in [0, 0.1) is 0 Å². The fourth-order valence-electron chi connectivity index (χ4n) is 2.59. The van der Waals surface area contributed by atoms with Crippen LogP contribution in [0.3, 0.4) is 0 Å². The molecular weight excluding hydrogens is 352 g/mol. The molecule has 2 aromatic rings. The van der Waals surface area contributed by atoms with Gasteiger partial charge in [-0.2, -0.15) is 0 Å². The molecule has 0 N–H and O–H groups in total. The Morgan fingerprint density at radius 1 is 1.33 bits per heavy atom. The van der Waals surface area contributed by atoms with E-state index in [9.17, 15) is 0 Å². The second-order valence-electron chi connectivity index (χ2n) is 4.99. The van der Waals surface area contributed by atoms with Crippen LogP contribution >= 0.6 is 27.5 Å². The van der Waals surface area contributed by atoms with Crippen LogP contribution in [-0.4, -0.2) is 12.7 Å². The Morgan fingerprint density at radius 2 is 2.14 bits per heavy atom. The van der Waals surface area contributed by atoms with Crippen LogP contribution < -0.4 is 9.47 Å². The van der Waals surface area contributed by atoms with Gasteiger partial charge in [0.15, 0.2) is 0 Å². The van der Waals surface area contributed by atoms with Crippen molar-refractivity contribution in [1.82, 2.24) is 0 Å². The fourth-order valence-corrected chi connectivity index (χ4v) is 3.28. The van der Waals surface area contributed by atoms with Gasteiger partial charge in [-0.25, -0.2) is 0 Å². The van der Waals surface area contributed by atoms with E-state index in [1.807, 2.05) is 43.3 Å². The van der Waals surface area contributed by atoms with Crippen LogP contribution in [0.25, 0.3) is 0 Å². The zero-order valence-electron chi connectivity index (χ0n) is 11.7. The van der Waals surface area contributed by atoms with Crippen molar-refractivity contribution in [1.29, 1.82) is 0 Å². The highest BCUT2D eigenvalue weighted by Gasteiger charge is 2.31. The SMILES string of the molecule is CCOc1ccc(Br)cc1C(Cl)C1Cc2ccccc2O1. The summed E-state index contributed by atoms with van der Waals surface area (Å²) in [6.07, 6.45) is 0.750. The molecule has 0 aromatic heterocycles. The molecule has 110 valence electrons. The third kappa shape index (κ3) is 3.04. The molecule has 0 spiro atoms. The van der Waals surface area contributed by atoms with Gasteiger partial charge >= 0.3 is 0 Å². The van der Waals surface area contributed by atoms with Gasteiger partial charge in [-0.05, 0) is 36.8 Å². The first-order chi connectivity index (χ1) is 10.2. The summed E-state index contributed by atoms with van der Waals surface area (Å²) in [4.78, 5) is 0. The summed E-state index contributed by atoms with van der Waals surface area (Å²) in [5.41, 5.74) is 2.17. The number of hydrogen-bond acceptors (Lipinski definition) is 2. The number of fused-ring (bicyclic) bond motifs is 1. The van der Waals surface area contributed by atoms with Crippen LogP contribution in [0.15, 0.2) is 46.9 Å². The molecule has 1 aliphatic rings. The molecule has 2 nitrogen and oxygen atoms in total. The van der Waals surface area contributed by atoms with E-state index in [1.165, 1.54) is 5.56 Å². The van der Waals surface area contributed by atoms with Crippen LogP contribution in [-0.2, 0) is 6.42 Å². The maximum absolute atomic E-state index is 6.69. The predicted molar refractivity (Wildman–Crippen MR) is 88.5 cm³/mol. The summed E-state index contributed by atoms with van der Waals surface area (Å²) < 4.78 is 12.7. The molecule has 0 aliphatic carbocycles. The van der Waals surface area contributed by atoms with Gasteiger partial charge in [0, 0.05) is 16.5 Å². The van der Waals surface area contributed by atoms with Crippen LogP contribution in [0.4, 0.5) is 0 Å². The highest BCUT2D eigenvalue weighted by atomic mass is 79.9. The van der Waals surface area contributed by atoms with Gasteiger partial charge in [-0.3, -0.25) is 0 Å². The number of benzene rings is 2. The Hall–Kier alpha value is -1.19. The minimum atomic E-state index is -0.253. The molecule has 0 bridgehead atoms. The van der Waals surface area contributed by atoms with Crippen molar-refractivity contribution in [2.45, 2.75) is 24.8 Å². The highest BCUT2D eigenvalue weighted by Crippen LogP contribution is 2.41. The number of halogens is 2. The van der Waals surface area contributed by atoms with Crippen molar-refractivity contribution >= 4 is 27.5 Å². The molecule has 21 heavy (non-hydrogen) atoms. The Morgan fingerprint density at radius 3 is 2.90 bits per heavy atom. The summed E-state index contributed by atoms with van der Waals surface area (Å²) in [5.74, 6) is 1.75. The van der Waals surface area contributed by atoms with E-state index in [-0.39, 0.29) is 11.5 Å². The number of hydrogen-bond donors (Lipinski definition) is 0. The van der Waals surface area contributed by atoms with Gasteiger partial charge in [-0.1, -0.05) is 34.1 Å². The normalized spacial score (nSPS) is 18.0. The van der Waals surface area contributed by atoms with E-state index in [2.05, 4.69) is 22.0 Å². The average Bonchev–Trinajstić information content (AvgIpc) is 2.92. The molecule has 2 unspecified atom stereocenters. The number of ether oxygens (including phenoxy) is 2. The third-order valence-electron chi connectivity index (χ3n) is 3.57. The lowest BCUT2D eigenvalue weighted by atomic mass is 10.0. The first kappa shape index (κ1) is 14.7. The Balaban J connectivity index is 1.86. The zero-order chi connectivity index (χ0) is 14.8. The molecule has 4 heteroatoms. The van der Waals surface area contributed by atoms with Crippen LogP contribution in [0.5, 0.6) is 11.5 Å². The minimum Gasteiger partial charge on any atom is -0.494 e. The lowest BCUT2D eigenvalue weighted by Crippen LogP contribution is -2.20. The number of rotatable bonds is 4. The molecule has 2 atom stereocenters. The molecule has 3 rings (SSSR count). The van der Waals surface area contributed by atoms with Gasteiger partial charge in [0.2, 0.25) is 0 Å². The Kier molecular flexibility index (Phi) is 4.41. The quantitative estimate of drug-likeness (QED) is 0.697. The van der Waals surface area contributed by atoms with Gasteiger partial charge in [0.25, 0.3) is 0 Å². The average molecular weight is 368 g/mol. The van der Waals surface area contributed by atoms with E-state index in [4.69, 9.17) is 21.1 Å². The molecule has 0 saturated carbocycles. The van der Waals surface area contributed by atoms with Gasteiger partial charge < -0.3 is 9.47 Å². The van der Waals surface area contributed by atoms with E-state index < -0.39 is 0 Å². The summed E-state index contributed by atoms with van der Waals surface area (Å²) in [6, 6.07) is 14.0. The molecule has 0 amide bonds. The molecule has 0 saturated heterocycles. The Labute approximate surface area is 138 Å². The van der Waals surface area contributed by atoms with Crippen molar-refractivity contribution < 1.29 is 9.47 Å². The summed E-state index contributed by atoms with van der Waals surface area (Å²) in [5, 5.41) is -0.253. The minimum absolute atomic E-state index is 0.0717. The summed E-state index contributed by atoms with van der Waals surface area (Å²) in [7, 11) is 0. The smallest absolute Gasteiger partial charge is 0.124 e. The second kappa shape index (κ2) is 6.29. The van der Waals surface area contributed by atoms with E-state index in [0.717, 1.165) is 28.0 Å². The third-order valence-corrected chi connectivity index (χ3v) is 4.58. The van der Waals surface area contributed by atoms with Crippen molar-refractivity contribution in [2.24, 2.45) is 0 Å². The monoisotopic (exact) mass is 366 g/mol. The summed E-state index contributed by atoms with van der Waals surface area (Å²) >= 11 is 10.2. The predicted octanol–water partition coefficient (Wildman–Crippen LogP) is 5.13. The van der Waals surface area contributed by atoms with E-state index >= 15 is 0 Å². The molecule has 0 fully saturated rings. The van der Waals surface area contributed by atoms with Crippen molar-refractivity contribution in [3.05, 3.63) is 58.1 Å². The number of para-hydroxylation sites is 1. The van der Waals surface area contributed by atoms with Gasteiger partial charge in [0.1, 0.15) is 17.6 Å². The zero-order valence-corrected chi connectivity index (χ0v) is 14.0. The van der Waals surface area contributed by atoms with Crippen LogP contribution in [0.1, 0.15) is 23.4 Å². The lowest BCUT2D eigenvalue weighted by molar-refractivity contribution is 0.224. The first-order valence-corrected chi connectivity index (χ1v) is 8.23. The largest absolute Gasteiger partial charge is 0.494 e. The fraction of sp³-hybridized carbons (Fsp3) is 0.294. The highest BCUT2D eigenvalue weighted by molar-refractivity contribution is 9.10. The molecule has 1 heterocycles. The molecular formula is C17H16BrClO2. The molecule has 2 aromatic carbocycles. The van der Waals surface area contributed by atoms with E-state index in [1.54, 1.807) is 0 Å². The maximum Gasteiger partial charge on any atom is 0.124 e. The Bertz CT molecular complexity index is 619. The molecule has 0 radical (unpaired) electrons. The topological polar surface area (TPSA) is 18.5 Å². The van der Waals surface area contributed by atoms with Gasteiger partial charge in [-0.15, -0.1) is 11.6 Å². The second-order valence-corrected chi connectivity index (χ2v) is 6.37. The van der Waals surface area contributed by atoms with Crippen molar-refractivity contribution in [2.75, 3.05) is 6.61 Å². The molecule has 1 aliphatic heterocycles. The maximum atomic E-state index is 6.69. The van der Waals surface area contributed by atoms with Crippen LogP contribution in [0.2, 0.25) is 0 Å². The van der Waals surface area contributed by atoms with Crippen molar-refractivity contribution in [3.8, 4) is 11.5 Å². The summed E-state index contributed by atoms with van der Waals surface area (Å²) in [6.45, 7) is 2.58. The first-order valence-electron chi connectivity index (χ1n) is 7.00. The van der Waals surface area contributed by atoms with E-state index in [0.29, 0.717) is 6.61 Å².